The van der Waals surface area contributed by atoms with Gasteiger partial charge in [-0.3, -0.25) is 0 Å². The van der Waals surface area contributed by atoms with Crippen molar-refractivity contribution in [3.8, 4) is 5.75 Å². The lowest BCUT2D eigenvalue weighted by molar-refractivity contribution is 0.146. The number of halogens is 1. The van der Waals surface area contributed by atoms with Crippen LogP contribution in [0.4, 0.5) is 0 Å². The molecule has 76 valence electrons. The second-order valence-electron chi connectivity index (χ2n) is 3.78. The van der Waals surface area contributed by atoms with Gasteiger partial charge in [0, 0.05) is 10.0 Å². The summed E-state index contributed by atoms with van der Waals surface area (Å²) >= 11 is 3.46. The molecule has 0 spiro atoms. The molecule has 0 aliphatic heterocycles. The first-order valence-electron chi connectivity index (χ1n) is 4.64. The van der Waals surface area contributed by atoms with E-state index in [4.69, 9.17) is 4.74 Å². The third kappa shape index (κ3) is 1.44. The predicted molar refractivity (Wildman–Crippen MR) is 58.6 cm³/mol. The summed E-state index contributed by atoms with van der Waals surface area (Å²) in [5, 5.41) is 10.1. The van der Waals surface area contributed by atoms with Crippen LogP contribution in [0.5, 0.6) is 5.75 Å². The second kappa shape index (κ2) is 3.24. The molecule has 1 aromatic carbocycles. The summed E-state index contributed by atoms with van der Waals surface area (Å²) in [6.07, 6.45) is 1.67. The predicted octanol–water partition coefficient (Wildman–Crippen LogP) is 2.75. The average Bonchev–Trinajstić information content (AvgIpc) is 2.89. The van der Waals surface area contributed by atoms with Gasteiger partial charge in [0.1, 0.15) is 5.75 Å². The van der Waals surface area contributed by atoms with Gasteiger partial charge in [-0.15, -0.1) is 0 Å². The molecule has 0 heterocycles. The first kappa shape index (κ1) is 9.99. The van der Waals surface area contributed by atoms with Crippen LogP contribution in [0, 0.1) is 6.92 Å². The van der Waals surface area contributed by atoms with Crippen LogP contribution in [0.25, 0.3) is 0 Å². The molecule has 14 heavy (non-hydrogen) atoms. The van der Waals surface area contributed by atoms with E-state index in [1.807, 2.05) is 19.1 Å². The van der Waals surface area contributed by atoms with E-state index in [-0.39, 0.29) is 0 Å². The summed E-state index contributed by atoms with van der Waals surface area (Å²) in [7, 11) is 1.64. The highest BCUT2D eigenvalue weighted by molar-refractivity contribution is 9.10. The van der Waals surface area contributed by atoms with E-state index in [1.165, 1.54) is 0 Å². The number of hydrogen-bond acceptors (Lipinski definition) is 2. The highest BCUT2D eigenvalue weighted by atomic mass is 79.9. The van der Waals surface area contributed by atoms with Crippen molar-refractivity contribution in [1.82, 2.24) is 0 Å². The molecular formula is C11H13BrO2. The number of benzene rings is 1. The smallest absolute Gasteiger partial charge is 0.125 e. The van der Waals surface area contributed by atoms with Crippen LogP contribution in [0.1, 0.15) is 24.0 Å². The minimum absolute atomic E-state index is 0.640. The van der Waals surface area contributed by atoms with E-state index >= 15 is 0 Å². The third-order valence-electron chi connectivity index (χ3n) is 2.77. The Morgan fingerprint density at radius 3 is 2.57 bits per heavy atom. The Kier molecular flexibility index (Phi) is 2.32. The van der Waals surface area contributed by atoms with Gasteiger partial charge in [-0.05, 0) is 37.5 Å². The zero-order valence-corrected chi connectivity index (χ0v) is 9.89. The molecule has 1 N–H and O–H groups in total. The van der Waals surface area contributed by atoms with Gasteiger partial charge < -0.3 is 9.84 Å². The summed E-state index contributed by atoms with van der Waals surface area (Å²) in [4.78, 5) is 0. The molecule has 0 bridgehead atoms. The van der Waals surface area contributed by atoms with Gasteiger partial charge in [-0.2, -0.15) is 0 Å². The molecule has 0 aromatic heterocycles. The van der Waals surface area contributed by atoms with E-state index in [1.54, 1.807) is 7.11 Å². The van der Waals surface area contributed by atoms with Gasteiger partial charge in [0.2, 0.25) is 0 Å². The number of rotatable bonds is 2. The fourth-order valence-corrected chi connectivity index (χ4v) is 2.11. The van der Waals surface area contributed by atoms with Crippen molar-refractivity contribution in [3.63, 3.8) is 0 Å². The molecule has 0 radical (unpaired) electrons. The van der Waals surface area contributed by atoms with E-state index in [0.717, 1.165) is 34.2 Å². The summed E-state index contributed by atoms with van der Waals surface area (Å²) in [6.45, 7) is 2.00. The Morgan fingerprint density at radius 2 is 2.07 bits per heavy atom. The molecule has 3 heteroatoms. The average molecular weight is 257 g/mol. The van der Waals surface area contributed by atoms with Gasteiger partial charge in [-0.1, -0.05) is 15.9 Å². The van der Waals surface area contributed by atoms with Gasteiger partial charge in [-0.25, -0.2) is 0 Å². The molecule has 2 rings (SSSR count). The molecule has 1 saturated carbocycles. The largest absolute Gasteiger partial charge is 0.496 e. The Labute approximate surface area is 92.0 Å². The number of aliphatic hydroxyl groups is 1. The lowest BCUT2D eigenvalue weighted by Gasteiger charge is -2.17. The Hall–Kier alpha value is -0.540. The lowest BCUT2D eigenvalue weighted by atomic mass is 10.0. The van der Waals surface area contributed by atoms with Gasteiger partial charge in [0.05, 0.1) is 12.7 Å². The van der Waals surface area contributed by atoms with Crippen LogP contribution in [-0.2, 0) is 5.60 Å². The number of hydrogen-bond donors (Lipinski definition) is 1. The van der Waals surface area contributed by atoms with Crippen LogP contribution < -0.4 is 4.74 Å². The van der Waals surface area contributed by atoms with Crippen LogP contribution in [-0.4, -0.2) is 12.2 Å². The lowest BCUT2D eigenvalue weighted by Crippen LogP contribution is -2.09. The van der Waals surface area contributed by atoms with Crippen LogP contribution >= 0.6 is 15.9 Å². The van der Waals surface area contributed by atoms with Crippen molar-refractivity contribution in [2.45, 2.75) is 25.4 Å². The molecule has 2 nitrogen and oxygen atoms in total. The van der Waals surface area contributed by atoms with Crippen molar-refractivity contribution in [2.75, 3.05) is 7.11 Å². The van der Waals surface area contributed by atoms with Gasteiger partial charge >= 0.3 is 0 Å². The molecular weight excluding hydrogens is 244 g/mol. The topological polar surface area (TPSA) is 29.5 Å². The standard InChI is InChI=1S/C11H13BrO2/c1-7-8(12)3-4-9(14-2)10(7)11(13)5-6-11/h3-4,13H,5-6H2,1-2H3. The normalized spacial score (nSPS) is 18.0. The zero-order valence-electron chi connectivity index (χ0n) is 8.30. The first-order chi connectivity index (χ1) is 6.58. The zero-order chi connectivity index (χ0) is 10.3. The van der Waals surface area contributed by atoms with Gasteiger partial charge in [0.15, 0.2) is 0 Å². The maximum Gasteiger partial charge on any atom is 0.125 e. The maximum absolute atomic E-state index is 10.1. The molecule has 1 aliphatic carbocycles. The first-order valence-corrected chi connectivity index (χ1v) is 5.44. The molecule has 0 saturated heterocycles. The monoisotopic (exact) mass is 256 g/mol. The molecule has 1 fully saturated rings. The minimum Gasteiger partial charge on any atom is -0.496 e. The number of methoxy groups -OCH3 is 1. The van der Waals surface area contributed by atoms with E-state index in [0.29, 0.717) is 0 Å². The highest BCUT2D eigenvalue weighted by Crippen LogP contribution is 2.51. The SMILES string of the molecule is COc1ccc(Br)c(C)c1C1(O)CC1. The van der Waals surface area contributed by atoms with Crippen molar-refractivity contribution in [1.29, 1.82) is 0 Å². The fourth-order valence-electron chi connectivity index (χ4n) is 1.78. The summed E-state index contributed by atoms with van der Waals surface area (Å²) in [5.74, 6) is 0.783. The Balaban J connectivity index is 2.59. The van der Waals surface area contributed by atoms with Crippen molar-refractivity contribution in [3.05, 3.63) is 27.7 Å². The quantitative estimate of drug-likeness (QED) is 0.882. The van der Waals surface area contributed by atoms with Crippen molar-refractivity contribution >= 4 is 15.9 Å². The molecule has 1 aromatic rings. The van der Waals surface area contributed by atoms with E-state index in [9.17, 15) is 5.11 Å². The van der Waals surface area contributed by atoms with Crippen LogP contribution in [0.2, 0.25) is 0 Å². The maximum atomic E-state index is 10.1. The fraction of sp³-hybridized carbons (Fsp3) is 0.455. The second-order valence-corrected chi connectivity index (χ2v) is 4.64. The molecule has 0 atom stereocenters. The van der Waals surface area contributed by atoms with Gasteiger partial charge in [0.25, 0.3) is 0 Å². The molecule has 0 amide bonds. The minimum atomic E-state index is -0.640. The van der Waals surface area contributed by atoms with E-state index in [2.05, 4.69) is 15.9 Å². The van der Waals surface area contributed by atoms with E-state index < -0.39 is 5.60 Å². The van der Waals surface area contributed by atoms with Crippen molar-refractivity contribution < 1.29 is 9.84 Å². The molecule has 1 aliphatic rings. The summed E-state index contributed by atoms with van der Waals surface area (Å²) in [6, 6.07) is 3.84. The summed E-state index contributed by atoms with van der Waals surface area (Å²) < 4.78 is 6.29. The summed E-state index contributed by atoms with van der Waals surface area (Å²) in [5.41, 5.74) is 1.37. The highest BCUT2D eigenvalue weighted by Gasteiger charge is 2.45. The number of ether oxygens (including phenoxy) is 1. The third-order valence-corrected chi connectivity index (χ3v) is 3.63. The Morgan fingerprint density at radius 1 is 1.43 bits per heavy atom. The van der Waals surface area contributed by atoms with Crippen LogP contribution in [0.15, 0.2) is 16.6 Å². The molecule has 0 unspecified atom stereocenters. The van der Waals surface area contributed by atoms with Crippen molar-refractivity contribution in [2.24, 2.45) is 0 Å². The van der Waals surface area contributed by atoms with Crippen LogP contribution in [0.3, 0.4) is 0 Å². The Bertz CT molecular complexity index is 370.